The second-order valence-electron chi connectivity index (χ2n) is 7.13. The normalized spacial score (nSPS) is 15.6. The molecule has 27 heavy (non-hydrogen) atoms. The lowest BCUT2D eigenvalue weighted by Gasteiger charge is -2.31. The van der Waals surface area contributed by atoms with E-state index in [2.05, 4.69) is 16.3 Å². The van der Waals surface area contributed by atoms with Crippen molar-refractivity contribution in [1.29, 1.82) is 0 Å². The van der Waals surface area contributed by atoms with E-state index in [0.717, 1.165) is 66.5 Å². The summed E-state index contributed by atoms with van der Waals surface area (Å²) in [5.74, 6) is 0.305. The molecule has 1 aliphatic heterocycles. The Morgan fingerprint density at radius 1 is 0.963 bits per heavy atom. The maximum Gasteiger partial charge on any atom is 0.223 e. The van der Waals surface area contributed by atoms with Gasteiger partial charge in [0.1, 0.15) is 0 Å². The molecule has 1 aliphatic rings. The molecule has 0 aromatic heterocycles. The van der Waals surface area contributed by atoms with Gasteiger partial charge in [-0.2, -0.15) is 0 Å². The maximum atomic E-state index is 12.4. The summed E-state index contributed by atoms with van der Waals surface area (Å²) in [6, 6.07) is 15.9. The molecule has 0 radical (unpaired) electrons. The molecule has 0 atom stereocenters. The van der Waals surface area contributed by atoms with Gasteiger partial charge in [0.25, 0.3) is 0 Å². The molecule has 1 N–H and O–H groups in total. The number of likely N-dealkylation sites (tertiary alicyclic amines) is 1. The molecular weight excluding hydrogens is 379 g/mol. The van der Waals surface area contributed by atoms with Crippen molar-refractivity contribution < 1.29 is 4.79 Å². The quantitative estimate of drug-likeness (QED) is 0.661. The number of amides is 1. The van der Waals surface area contributed by atoms with Crippen molar-refractivity contribution in [3.63, 3.8) is 0 Å². The first-order valence-corrected chi connectivity index (χ1v) is 10.4. The lowest BCUT2D eigenvalue weighted by molar-refractivity contribution is -0.126. The number of piperidine rings is 1. The first-order chi connectivity index (χ1) is 13.1. The fraction of sp³-hybridized carbons (Fsp3) is 0.409. The molecule has 1 amide bonds. The van der Waals surface area contributed by atoms with E-state index in [-0.39, 0.29) is 11.8 Å². The number of carbonyl (C=O) groups is 1. The highest BCUT2D eigenvalue weighted by Gasteiger charge is 2.24. The fourth-order valence-corrected chi connectivity index (χ4v) is 3.98. The number of rotatable bonds is 7. The maximum absolute atomic E-state index is 12.4. The van der Waals surface area contributed by atoms with Crippen LogP contribution in [0.5, 0.6) is 0 Å². The van der Waals surface area contributed by atoms with Gasteiger partial charge >= 0.3 is 0 Å². The van der Waals surface area contributed by atoms with Crippen LogP contribution in [0.25, 0.3) is 0 Å². The second-order valence-corrected chi connectivity index (χ2v) is 7.94. The number of benzene rings is 2. The van der Waals surface area contributed by atoms with Crippen molar-refractivity contribution in [2.45, 2.75) is 32.2 Å². The Morgan fingerprint density at radius 2 is 1.56 bits per heavy atom. The van der Waals surface area contributed by atoms with Crippen LogP contribution in [0.1, 0.15) is 30.4 Å². The third-order valence-electron chi connectivity index (χ3n) is 5.19. The van der Waals surface area contributed by atoms with Gasteiger partial charge in [-0.15, -0.1) is 0 Å². The minimum absolute atomic E-state index is 0.118. The molecule has 1 saturated heterocycles. The smallest absolute Gasteiger partial charge is 0.223 e. The second kappa shape index (κ2) is 10.1. The van der Waals surface area contributed by atoms with Crippen LogP contribution in [0.15, 0.2) is 48.5 Å². The molecule has 0 aliphatic carbocycles. The van der Waals surface area contributed by atoms with Crippen LogP contribution in [-0.4, -0.2) is 30.4 Å². The molecule has 5 heteroatoms. The van der Waals surface area contributed by atoms with Gasteiger partial charge in [-0.25, -0.2) is 0 Å². The molecule has 2 aromatic carbocycles. The van der Waals surface area contributed by atoms with Crippen molar-refractivity contribution in [3.8, 4) is 0 Å². The summed E-state index contributed by atoms with van der Waals surface area (Å²) in [5.41, 5.74) is 2.29. The van der Waals surface area contributed by atoms with Gasteiger partial charge in [-0.1, -0.05) is 59.6 Å². The Hall–Kier alpha value is -1.55. The molecule has 0 unspecified atom stereocenters. The van der Waals surface area contributed by atoms with Crippen LogP contribution in [0.2, 0.25) is 10.0 Å². The zero-order chi connectivity index (χ0) is 19.1. The Labute approximate surface area is 171 Å². The molecule has 3 rings (SSSR count). The summed E-state index contributed by atoms with van der Waals surface area (Å²) in [4.78, 5) is 14.8. The van der Waals surface area contributed by atoms with Crippen LogP contribution in [-0.2, 0) is 17.8 Å². The summed E-state index contributed by atoms with van der Waals surface area (Å²) in [7, 11) is 0. The number of nitrogens with zero attached hydrogens (tertiary/aromatic N) is 1. The zero-order valence-corrected chi connectivity index (χ0v) is 17.0. The summed E-state index contributed by atoms with van der Waals surface area (Å²) < 4.78 is 0. The number of carbonyl (C=O) groups excluding carboxylic acids is 1. The lowest BCUT2D eigenvalue weighted by atomic mass is 9.95. The van der Waals surface area contributed by atoms with E-state index < -0.39 is 0 Å². The topological polar surface area (TPSA) is 32.3 Å². The molecule has 3 nitrogen and oxygen atoms in total. The Kier molecular flexibility index (Phi) is 7.57. The van der Waals surface area contributed by atoms with E-state index in [9.17, 15) is 4.79 Å². The van der Waals surface area contributed by atoms with E-state index in [1.54, 1.807) is 0 Å². The number of nitrogens with one attached hydrogen (secondary N) is 1. The van der Waals surface area contributed by atoms with Crippen molar-refractivity contribution in [3.05, 3.63) is 69.7 Å². The molecule has 0 spiro atoms. The van der Waals surface area contributed by atoms with Gasteiger partial charge < -0.3 is 5.32 Å². The van der Waals surface area contributed by atoms with Crippen LogP contribution < -0.4 is 5.32 Å². The van der Waals surface area contributed by atoms with E-state index >= 15 is 0 Å². The molecule has 144 valence electrons. The highest BCUT2D eigenvalue weighted by molar-refractivity contribution is 6.31. The third kappa shape index (κ3) is 5.97. The van der Waals surface area contributed by atoms with Gasteiger partial charge in [-0.05, 0) is 62.0 Å². The first-order valence-electron chi connectivity index (χ1n) is 9.60. The average molecular weight is 405 g/mol. The van der Waals surface area contributed by atoms with E-state index in [1.165, 1.54) is 0 Å². The average Bonchev–Trinajstić information content (AvgIpc) is 2.69. The predicted octanol–water partition coefficient (Wildman–Crippen LogP) is 4.95. The highest BCUT2D eigenvalue weighted by Crippen LogP contribution is 2.22. The summed E-state index contributed by atoms with van der Waals surface area (Å²) in [5, 5.41) is 4.71. The highest BCUT2D eigenvalue weighted by atomic mass is 35.5. The zero-order valence-electron chi connectivity index (χ0n) is 15.5. The van der Waals surface area contributed by atoms with Gasteiger partial charge in [0, 0.05) is 29.1 Å². The standard InChI is InChI=1S/C22H26Cl2N2O/c23-20-9-3-1-6-17(20)8-5-13-25-22(27)18-11-14-26(15-12-18)16-19-7-2-4-10-21(19)24/h1-4,6-7,9-10,18H,5,8,11-16H2,(H,25,27). The molecule has 0 saturated carbocycles. The van der Waals surface area contributed by atoms with Gasteiger partial charge in [0.2, 0.25) is 5.91 Å². The molecule has 2 aromatic rings. The van der Waals surface area contributed by atoms with Crippen molar-refractivity contribution >= 4 is 29.1 Å². The van der Waals surface area contributed by atoms with Gasteiger partial charge in [0.15, 0.2) is 0 Å². The summed E-state index contributed by atoms with van der Waals surface area (Å²) in [6.45, 7) is 3.42. The Morgan fingerprint density at radius 3 is 2.19 bits per heavy atom. The summed E-state index contributed by atoms with van der Waals surface area (Å²) >= 11 is 12.4. The van der Waals surface area contributed by atoms with E-state index in [4.69, 9.17) is 23.2 Å². The van der Waals surface area contributed by atoms with Crippen molar-refractivity contribution in [1.82, 2.24) is 10.2 Å². The largest absolute Gasteiger partial charge is 0.356 e. The van der Waals surface area contributed by atoms with Crippen LogP contribution >= 0.6 is 23.2 Å². The van der Waals surface area contributed by atoms with Crippen molar-refractivity contribution in [2.24, 2.45) is 5.92 Å². The Bertz CT molecular complexity index is 757. The first kappa shape index (κ1) is 20.2. The molecule has 1 fully saturated rings. The van der Waals surface area contributed by atoms with Crippen LogP contribution in [0.4, 0.5) is 0 Å². The number of hydrogen-bond donors (Lipinski definition) is 1. The third-order valence-corrected chi connectivity index (χ3v) is 5.93. The minimum Gasteiger partial charge on any atom is -0.356 e. The van der Waals surface area contributed by atoms with E-state index in [0.29, 0.717) is 6.54 Å². The molecule has 1 heterocycles. The number of aryl methyl sites for hydroxylation is 1. The minimum atomic E-state index is 0.118. The van der Waals surface area contributed by atoms with Gasteiger partial charge in [-0.3, -0.25) is 9.69 Å². The lowest BCUT2D eigenvalue weighted by Crippen LogP contribution is -2.40. The fourth-order valence-electron chi connectivity index (χ4n) is 3.56. The Balaban J connectivity index is 1.36. The SMILES string of the molecule is O=C(NCCCc1ccccc1Cl)C1CCN(Cc2ccccc2Cl)CC1. The number of hydrogen-bond acceptors (Lipinski definition) is 2. The van der Waals surface area contributed by atoms with Gasteiger partial charge in [0.05, 0.1) is 0 Å². The van der Waals surface area contributed by atoms with Crippen molar-refractivity contribution in [2.75, 3.05) is 19.6 Å². The van der Waals surface area contributed by atoms with Crippen LogP contribution in [0, 0.1) is 5.92 Å². The monoisotopic (exact) mass is 404 g/mol. The molecule has 0 bridgehead atoms. The van der Waals surface area contributed by atoms with Crippen LogP contribution in [0.3, 0.4) is 0 Å². The summed E-state index contributed by atoms with van der Waals surface area (Å²) in [6.07, 6.45) is 3.60. The predicted molar refractivity (Wildman–Crippen MR) is 112 cm³/mol. The molecular formula is C22H26Cl2N2O. The number of halogens is 2. The van der Waals surface area contributed by atoms with E-state index in [1.807, 2.05) is 42.5 Å².